The van der Waals surface area contributed by atoms with E-state index in [1.54, 1.807) is 0 Å². The molecule has 2 aromatic heterocycles. The van der Waals surface area contributed by atoms with Crippen molar-refractivity contribution < 1.29 is 4.74 Å². The van der Waals surface area contributed by atoms with E-state index in [0.29, 0.717) is 6.04 Å². The van der Waals surface area contributed by atoms with Crippen LogP contribution in [-0.2, 0) is 11.3 Å². The lowest BCUT2D eigenvalue weighted by Gasteiger charge is -2.24. The van der Waals surface area contributed by atoms with Gasteiger partial charge in [0.05, 0.1) is 25.4 Å². The fourth-order valence-corrected chi connectivity index (χ4v) is 3.24. The second-order valence-electron chi connectivity index (χ2n) is 4.94. The number of thiophene rings is 1. The van der Waals surface area contributed by atoms with E-state index < -0.39 is 0 Å². The molecular weight excluding hydrogens is 258 g/mol. The maximum absolute atomic E-state index is 5.50. The fraction of sp³-hybridized carbons (Fsp3) is 0.500. The highest BCUT2D eigenvalue weighted by Crippen LogP contribution is 2.19. The molecule has 0 amide bonds. The summed E-state index contributed by atoms with van der Waals surface area (Å²) in [6, 6.07) is 6.78. The Morgan fingerprint density at radius 3 is 3.16 bits per heavy atom. The molecule has 0 aromatic carbocycles. The minimum atomic E-state index is 0.411. The molecule has 0 saturated carbocycles. The van der Waals surface area contributed by atoms with Gasteiger partial charge in [-0.2, -0.15) is 5.10 Å². The van der Waals surface area contributed by atoms with E-state index in [4.69, 9.17) is 4.74 Å². The Labute approximate surface area is 117 Å². The summed E-state index contributed by atoms with van der Waals surface area (Å²) in [6.45, 7) is 4.66. The van der Waals surface area contributed by atoms with Crippen molar-refractivity contribution in [2.45, 2.75) is 32.4 Å². The van der Waals surface area contributed by atoms with E-state index in [9.17, 15) is 0 Å². The van der Waals surface area contributed by atoms with Crippen LogP contribution in [0.2, 0.25) is 0 Å². The van der Waals surface area contributed by atoms with E-state index in [0.717, 1.165) is 32.0 Å². The van der Waals surface area contributed by atoms with Crippen molar-refractivity contribution >= 4 is 17.2 Å². The van der Waals surface area contributed by atoms with Gasteiger partial charge >= 0.3 is 0 Å². The molecule has 0 spiro atoms. The normalized spacial score (nSPS) is 19.5. The molecule has 1 fully saturated rings. The summed E-state index contributed by atoms with van der Waals surface area (Å²) >= 11 is 1.83. The summed E-state index contributed by atoms with van der Waals surface area (Å²) < 4.78 is 7.53. The fourth-order valence-electron chi connectivity index (χ4n) is 2.36. The van der Waals surface area contributed by atoms with Gasteiger partial charge in [0.25, 0.3) is 0 Å². The Kier molecular flexibility index (Phi) is 3.84. The van der Waals surface area contributed by atoms with E-state index in [-0.39, 0.29) is 0 Å². The van der Waals surface area contributed by atoms with Gasteiger partial charge in [0.2, 0.25) is 0 Å². The van der Waals surface area contributed by atoms with Crippen molar-refractivity contribution in [1.29, 1.82) is 0 Å². The predicted octanol–water partition coefficient (Wildman–Crippen LogP) is 2.89. The summed E-state index contributed by atoms with van der Waals surface area (Å²) in [5, 5.41) is 7.94. The topological polar surface area (TPSA) is 39.1 Å². The Bertz CT molecular complexity index is 528. The number of hydrogen-bond donors (Lipinski definition) is 1. The van der Waals surface area contributed by atoms with E-state index in [1.807, 2.05) is 28.3 Å². The van der Waals surface area contributed by atoms with Crippen molar-refractivity contribution in [3.63, 3.8) is 0 Å². The smallest absolute Gasteiger partial charge is 0.124 e. The van der Waals surface area contributed by atoms with Crippen molar-refractivity contribution in [3.05, 3.63) is 34.2 Å². The highest BCUT2D eigenvalue weighted by atomic mass is 32.1. The van der Waals surface area contributed by atoms with Gasteiger partial charge in [-0.3, -0.25) is 0 Å². The van der Waals surface area contributed by atoms with E-state index in [1.165, 1.54) is 16.2 Å². The molecule has 3 rings (SSSR count). The van der Waals surface area contributed by atoms with Crippen LogP contribution in [0.15, 0.2) is 24.4 Å². The summed E-state index contributed by atoms with van der Waals surface area (Å²) in [5.41, 5.74) is 0. The molecule has 0 bridgehead atoms. The largest absolute Gasteiger partial charge is 0.379 e. The monoisotopic (exact) mass is 277 g/mol. The third-order valence-electron chi connectivity index (χ3n) is 3.33. The van der Waals surface area contributed by atoms with Crippen LogP contribution in [0.1, 0.15) is 22.6 Å². The van der Waals surface area contributed by atoms with Gasteiger partial charge in [-0.05, 0) is 31.9 Å². The molecule has 2 aromatic rings. The first-order valence-electron chi connectivity index (χ1n) is 6.73. The second kappa shape index (κ2) is 5.75. The third-order valence-corrected chi connectivity index (χ3v) is 4.32. The van der Waals surface area contributed by atoms with Crippen molar-refractivity contribution in [2.24, 2.45) is 0 Å². The maximum Gasteiger partial charge on any atom is 0.124 e. The van der Waals surface area contributed by atoms with Gasteiger partial charge in [0.15, 0.2) is 0 Å². The molecule has 0 aliphatic carbocycles. The molecule has 1 atom stereocenters. The van der Waals surface area contributed by atoms with Crippen LogP contribution < -0.4 is 5.32 Å². The average molecular weight is 277 g/mol. The minimum absolute atomic E-state index is 0.411. The zero-order valence-corrected chi connectivity index (χ0v) is 11.9. The van der Waals surface area contributed by atoms with Crippen LogP contribution in [0.4, 0.5) is 5.82 Å². The summed E-state index contributed by atoms with van der Waals surface area (Å²) in [4.78, 5) is 2.68. The number of aryl methyl sites for hydroxylation is 1. The average Bonchev–Trinajstić information content (AvgIpc) is 3.01. The first-order chi connectivity index (χ1) is 9.31. The molecule has 0 radical (unpaired) electrons. The highest BCUT2D eigenvalue weighted by molar-refractivity contribution is 7.11. The first kappa shape index (κ1) is 12.7. The van der Waals surface area contributed by atoms with Crippen LogP contribution >= 0.6 is 11.3 Å². The number of anilines is 1. The van der Waals surface area contributed by atoms with Gasteiger partial charge in [-0.25, -0.2) is 4.68 Å². The molecular formula is C14H19N3OS. The van der Waals surface area contributed by atoms with E-state index >= 15 is 0 Å². The molecule has 5 heteroatoms. The molecule has 19 heavy (non-hydrogen) atoms. The van der Waals surface area contributed by atoms with Gasteiger partial charge in [0, 0.05) is 22.4 Å². The van der Waals surface area contributed by atoms with Crippen LogP contribution in [-0.4, -0.2) is 29.0 Å². The SMILES string of the molecule is Cc1ccc(Cn2nccc2N[C@@H]2CCCOC2)s1. The number of aromatic nitrogens is 2. The standard InChI is InChI=1S/C14H19N3OS/c1-11-4-5-13(19-11)9-17-14(6-7-15-17)16-12-3-2-8-18-10-12/h4-7,12,16H,2-3,8-10H2,1H3/t12-/m1/s1. The molecule has 3 heterocycles. The molecule has 1 saturated heterocycles. The molecule has 1 N–H and O–H groups in total. The van der Waals surface area contributed by atoms with Gasteiger partial charge in [-0.1, -0.05) is 0 Å². The molecule has 1 aliphatic rings. The molecule has 102 valence electrons. The van der Waals surface area contributed by atoms with Gasteiger partial charge in [-0.15, -0.1) is 11.3 Å². The summed E-state index contributed by atoms with van der Waals surface area (Å²) in [6.07, 6.45) is 4.16. The zero-order valence-electron chi connectivity index (χ0n) is 11.1. The van der Waals surface area contributed by atoms with Crippen molar-refractivity contribution in [3.8, 4) is 0 Å². The van der Waals surface area contributed by atoms with Crippen LogP contribution in [0.25, 0.3) is 0 Å². The molecule has 4 nitrogen and oxygen atoms in total. The number of nitrogens with one attached hydrogen (secondary N) is 1. The Balaban J connectivity index is 1.67. The Morgan fingerprint density at radius 1 is 1.47 bits per heavy atom. The lowest BCUT2D eigenvalue weighted by molar-refractivity contribution is 0.0874. The summed E-state index contributed by atoms with van der Waals surface area (Å²) in [5.74, 6) is 1.08. The lowest BCUT2D eigenvalue weighted by Crippen LogP contribution is -2.31. The van der Waals surface area contributed by atoms with Gasteiger partial charge in [0.1, 0.15) is 5.82 Å². The number of hydrogen-bond acceptors (Lipinski definition) is 4. The molecule has 0 unspecified atom stereocenters. The van der Waals surface area contributed by atoms with Crippen LogP contribution in [0.5, 0.6) is 0 Å². The summed E-state index contributed by atoms with van der Waals surface area (Å²) in [7, 11) is 0. The van der Waals surface area contributed by atoms with Gasteiger partial charge < -0.3 is 10.1 Å². The number of ether oxygens (including phenoxy) is 1. The highest BCUT2D eigenvalue weighted by Gasteiger charge is 2.15. The van der Waals surface area contributed by atoms with Crippen molar-refractivity contribution in [1.82, 2.24) is 9.78 Å². The van der Waals surface area contributed by atoms with Crippen LogP contribution in [0, 0.1) is 6.92 Å². The second-order valence-corrected chi connectivity index (χ2v) is 6.32. The number of nitrogens with zero attached hydrogens (tertiary/aromatic N) is 2. The van der Waals surface area contributed by atoms with Crippen molar-refractivity contribution in [2.75, 3.05) is 18.5 Å². The first-order valence-corrected chi connectivity index (χ1v) is 7.54. The Hall–Kier alpha value is -1.33. The minimum Gasteiger partial charge on any atom is -0.379 e. The maximum atomic E-state index is 5.50. The lowest BCUT2D eigenvalue weighted by atomic mass is 10.1. The third kappa shape index (κ3) is 3.16. The Morgan fingerprint density at radius 2 is 2.42 bits per heavy atom. The zero-order chi connectivity index (χ0) is 13.1. The van der Waals surface area contributed by atoms with E-state index in [2.05, 4.69) is 29.5 Å². The molecule has 1 aliphatic heterocycles. The quantitative estimate of drug-likeness (QED) is 0.934. The van der Waals surface area contributed by atoms with Crippen LogP contribution in [0.3, 0.4) is 0 Å². The predicted molar refractivity (Wildman–Crippen MR) is 77.8 cm³/mol. The number of rotatable bonds is 4.